The summed E-state index contributed by atoms with van der Waals surface area (Å²) in [6.07, 6.45) is 4.18. The highest BCUT2D eigenvalue weighted by Gasteiger charge is 2.43. The van der Waals surface area contributed by atoms with Gasteiger partial charge >= 0.3 is 0 Å². The van der Waals surface area contributed by atoms with Crippen LogP contribution < -0.4 is 5.73 Å². The first-order valence-electron chi connectivity index (χ1n) is 7.37. The molecule has 1 aromatic rings. The van der Waals surface area contributed by atoms with Gasteiger partial charge in [0.1, 0.15) is 4.21 Å². The molecule has 0 aromatic carbocycles. The normalized spacial score (nSPS) is 29.9. The number of hydrogen-bond acceptors (Lipinski definition) is 4. The molecule has 0 radical (unpaired) electrons. The molecule has 2 fully saturated rings. The molecule has 120 valence electrons. The number of nitrogens with two attached hydrogens (primary N) is 1. The molecule has 4 nitrogen and oxygen atoms in total. The molecule has 1 aliphatic carbocycles. The van der Waals surface area contributed by atoms with Crippen molar-refractivity contribution in [3.05, 3.63) is 17.0 Å². The lowest BCUT2D eigenvalue weighted by molar-refractivity contribution is 0.260. The first kappa shape index (κ1) is 17.2. The summed E-state index contributed by atoms with van der Waals surface area (Å²) in [5.74, 6) is 0.809. The van der Waals surface area contributed by atoms with Crippen LogP contribution in [0.5, 0.6) is 0 Å². The maximum Gasteiger partial charge on any atom is 0.252 e. The predicted octanol–water partition coefficient (Wildman–Crippen LogP) is 2.48. The molecule has 1 saturated carbocycles. The van der Waals surface area contributed by atoms with Gasteiger partial charge in [0.25, 0.3) is 10.0 Å². The summed E-state index contributed by atoms with van der Waals surface area (Å²) in [6, 6.07) is 3.84. The zero-order chi connectivity index (χ0) is 14.3. The van der Waals surface area contributed by atoms with Crippen molar-refractivity contribution in [3.63, 3.8) is 0 Å². The molecule has 1 aliphatic heterocycles. The summed E-state index contributed by atoms with van der Waals surface area (Å²) >= 11 is 1.40. The number of rotatable bonds is 3. The van der Waals surface area contributed by atoms with Crippen LogP contribution in [0.4, 0.5) is 0 Å². The Balaban J connectivity index is 0.00000161. The zero-order valence-corrected chi connectivity index (χ0v) is 14.6. The largest absolute Gasteiger partial charge is 0.327 e. The Morgan fingerprint density at radius 2 is 2.10 bits per heavy atom. The van der Waals surface area contributed by atoms with Gasteiger partial charge in [0.2, 0.25) is 0 Å². The summed E-state index contributed by atoms with van der Waals surface area (Å²) in [5, 5.41) is 0. The second kappa shape index (κ2) is 6.54. The molecule has 1 aromatic heterocycles. The molecule has 3 rings (SSSR count). The van der Waals surface area contributed by atoms with Crippen molar-refractivity contribution in [2.24, 2.45) is 17.6 Å². The van der Waals surface area contributed by atoms with Crippen molar-refractivity contribution in [2.45, 2.75) is 42.9 Å². The molecule has 2 aliphatic rings. The maximum absolute atomic E-state index is 12.7. The maximum atomic E-state index is 12.7. The molecular weight excluding hydrogens is 328 g/mol. The topological polar surface area (TPSA) is 63.4 Å². The lowest BCUT2D eigenvalue weighted by atomic mass is 9.78. The van der Waals surface area contributed by atoms with E-state index in [0.29, 0.717) is 29.1 Å². The zero-order valence-electron chi connectivity index (χ0n) is 12.2. The number of fused-ring (bicyclic) bond motifs is 1. The number of nitrogens with zero attached hydrogens (tertiary/aromatic N) is 1. The standard InChI is InChI=1S/C14H22N2O2S2.ClH/c1-2-11-6-7-14(19-11)20(17,18)16-8-10-4-3-5-13(15)12(10)9-16;/h6-7,10,12-13H,2-5,8-9,15H2,1H3;1H. The first-order chi connectivity index (χ1) is 9.52. The monoisotopic (exact) mass is 350 g/mol. The molecule has 0 amide bonds. The lowest BCUT2D eigenvalue weighted by Crippen LogP contribution is -2.38. The highest BCUT2D eigenvalue weighted by molar-refractivity contribution is 7.91. The number of sulfonamides is 1. The first-order valence-corrected chi connectivity index (χ1v) is 9.62. The van der Waals surface area contributed by atoms with Crippen molar-refractivity contribution in [2.75, 3.05) is 13.1 Å². The summed E-state index contributed by atoms with van der Waals surface area (Å²) in [4.78, 5) is 1.12. The van der Waals surface area contributed by atoms with Crippen molar-refractivity contribution in [1.82, 2.24) is 4.31 Å². The van der Waals surface area contributed by atoms with Gasteiger partial charge in [0, 0.05) is 24.0 Å². The average Bonchev–Trinajstić information content (AvgIpc) is 3.06. The molecule has 3 atom stereocenters. The van der Waals surface area contributed by atoms with E-state index < -0.39 is 10.0 Å². The van der Waals surface area contributed by atoms with E-state index in [4.69, 9.17) is 5.73 Å². The Morgan fingerprint density at radius 3 is 2.71 bits per heavy atom. The van der Waals surface area contributed by atoms with Crippen LogP contribution in [0.25, 0.3) is 0 Å². The van der Waals surface area contributed by atoms with Crippen molar-refractivity contribution in [3.8, 4) is 0 Å². The summed E-state index contributed by atoms with van der Waals surface area (Å²) in [6.45, 7) is 3.30. The molecule has 0 bridgehead atoms. The predicted molar refractivity (Wildman–Crippen MR) is 88.5 cm³/mol. The van der Waals surface area contributed by atoms with Crippen molar-refractivity contribution < 1.29 is 8.42 Å². The van der Waals surface area contributed by atoms with E-state index in [2.05, 4.69) is 0 Å². The molecule has 3 unspecified atom stereocenters. The highest BCUT2D eigenvalue weighted by Crippen LogP contribution is 2.38. The summed E-state index contributed by atoms with van der Waals surface area (Å²) < 4.78 is 27.6. The van der Waals surface area contributed by atoms with Crippen LogP contribution in [0.3, 0.4) is 0 Å². The van der Waals surface area contributed by atoms with E-state index >= 15 is 0 Å². The summed E-state index contributed by atoms with van der Waals surface area (Å²) in [5.41, 5.74) is 6.17. The Morgan fingerprint density at radius 1 is 1.33 bits per heavy atom. The molecule has 1 saturated heterocycles. The molecule has 7 heteroatoms. The summed E-state index contributed by atoms with van der Waals surface area (Å²) in [7, 11) is -3.31. The van der Waals surface area contributed by atoms with Gasteiger partial charge < -0.3 is 5.73 Å². The van der Waals surface area contributed by atoms with E-state index in [1.807, 2.05) is 13.0 Å². The van der Waals surface area contributed by atoms with Crippen molar-refractivity contribution in [1.29, 1.82) is 0 Å². The fourth-order valence-corrected chi connectivity index (χ4v) is 6.47. The number of aryl methyl sites for hydroxylation is 1. The second-order valence-electron chi connectivity index (χ2n) is 5.92. The second-order valence-corrected chi connectivity index (χ2v) is 9.25. The molecule has 21 heavy (non-hydrogen) atoms. The Labute approximate surface area is 137 Å². The Kier molecular flexibility index (Phi) is 5.36. The van der Waals surface area contributed by atoms with E-state index in [0.717, 1.165) is 30.6 Å². The van der Waals surface area contributed by atoms with E-state index in [9.17, 15) is 8.42 Å². The number of halogens is 1. The molecule has 0 spiro atoms. The van der Waals surface area contributed by atoms with E-state index in [1.54, 1.807) is 10.4 Å². The fraction of sp³-hybridized carbons (Fsp3) is 0.714. The van der Waals surface area contributed by atoms with Crippen LogP contribution in [-0.4, -0.2) is 31.9 Å². The lowest BCUT2D eigenvalue weighted by Gasteiger charge is -2.29. The average molecular weight is 351 g/mol. The Hall–Kier alpha value is -0.140. The van der Waals surface area contributed by atoms with Gasteiger partial charge in [-0.05, 0) is 43.2 Å². The van der Waals surface area contributed by atoms with Gasteiger partial charge in [0.15, 0.2) is 0 Å². The van der Waals surface area contributed by atoms with Gasteiger partial charge in [0.05, 0.1) is 0 Å². The van der Waals surface area contributed by atoms with E-state index in [1.165, 1.54) is 11.3 Å². The van der Waals surface area contributed by atoms with Crippen LogP contribution in [0.1, 0.15) is 31.1 Å². The fourth-order valence-electron chi connectivity index (χ4n) is 3.49. The van der Waals surface area contributed by atoms with Crippen molar-refractivity contribution >= 4 is 33.8 Å². The number of hydrogen-bond donors (Lipinski definition) is 1. The van der Waals surface area contributed by atoms with Gasteiger partial charge in [-0.2, -0.15) is 4.31 Å². The molecular formula is C14H23ClN2O2S2. The van der Waals surface area contributed by atoms with Gasteiger partial charge in [-0.1, -0.05) is 13.3 Å². The van der Waals surface area contributed by atoms with Crippen LogP contribution in [0, 0.1) is 11.8 Å². The third-order valence-corrected chi connectivity index (χ3v) is 8.23. The van der Waals surface area contributed by atoms with Gasteiger partial charge in [-0.25, -0.2) is 8.42 Å². The quantitative estimate of drug-likeness (QED) is 0.910. The van der Waals surface area contributed by atoms with Crippen LogP contribution >= 0.6 is 23.7 Å². The van der Waals surface area contributed by atoms with E-state index in [-0.39, 0.29) is 18.4 Å². The minimum absolute atomic E-state index is 0. The minimum atomic E-state index is -3.31. The van der Waals surface area contributed by atoms with Gasteiger partial charge in [-0.15, -0.1) is 23.7 Å². The van der Waals surface area contributed by atoms with Gasteiger partial charge in [-0.3, -0.25) is 0 Å². The minimum Gasteiger partial charge on any atom is -0.327 e. The number of thiophene rings is 1. The molecule has 2 heterocycles. The van der Waals surface area contributed by atoms with Crippen LogP contribution in [0.2, 0.25) is 0 Å². The molecule has 2 N–H and O–H groups in total. The Bertz CT molecular complexity index is 588. The van der Waals surface area contributed by atoms with Crippen LogP contribution in [-0.2, 0) is 16.4 Å². The highest BCUT2D eigenvalue weighted by atomic mass is 35.5. The third kappa shape index (κ3) is 3.15. The smallest absolute Gasteiger partial charge is 0.252 e. The SMILES string of the molecule is CCc1ccc(S(=O)(=O)N2CC3CCCC(N)C3C2)s1.Cl. The van der Waals surface area contributed by atoms with Crippen LogP contribution in [0.15, 0.2) is 16.3 Å². The third-order valence-electron chi connectivity index (χ3n) is 4.70.